The van der Waals surface area contributed by atoms with Gasteiger partial charge < -0.3 is 5.73 Å². The molecule has 0 bridgehead atoms. The molecule has 1 atom stereocenters. The normalized spacial score (nSPS) is 13.2. The van der Waals surface area contributed by atoms with Crippen LogP contribution in [0, 0.1) is 0 Å². The third-order valence-electron chi connectivity index (χ3n) is 3.02. The predicted octanol–water partition coefficient (Wildman–Crippen LogP) is 3.80. The second kappa shape index (κ2) is 6.79. The van der Waals surface area contributed by atoms with Crippen LogP contribution in [0.15, 0.2) is 40.6 Å². The zero-order valence-corrected chi connectivity index (χ0v) is 13.9. The van der Waals surface area contributed by atoms with E-state index in [1.807, 2.05) is 24.4 Å². The van der Waals surface area contributed by atoms with Crippen molar-refractivity contribution in [2.45, 2.75) is 30.7 Å². The number of rotatable bonds is 6. The molecule has 2 aromatic rings. The first-order valence-electron chi connectivity index (χ1n) is 6.55. The van der Waals surface area contributed by atoms with Gasteiger partial charge in [0.2, 0.25) is 10.0 Å². The number of sulfonamides is 1. The predicted molar refractivity (Wildman–Crippen MR) is 88.2 cm³/mol. The molecule has 0 saturated carbocycles. The standard InChI is InChI=1S/C14H17ClN2O2S2/c1-2-4-12(13-5-3-8-20-13)17-21(18,19)14-7-6-10(15)9-11(14)16/h3,5-9,12,17H,2,4,16H2,1H3. The van der Waals surface area contributed by atoms with Crippen LogP contribution in [-0.2, 0) is 10.0 Å². The number of hydrogen-bond donors (Lipinski definition) is 2. The molecule has 0 aliphatic heterocycles. The molecule has 1 unspecified atom stereocenters. The van der Waals surface area contributed by atoms with Gasteiger partial charge in [-0.3, -0.25) is 0 Å². The second-order valence-electron chi connectivity index (χ2n) is 4.66. The van der Waals surface area contributed by atoms with Gasteiger partial charge in [-0.15, -0.1) is 11.3 Å². The SMILES string of the molecule is CCCC(NS(=O)(=O)c1ccc(Cl)cc1N)c1cccs1. The molecular weight excluding hydrogens is 328 g/mol. The number of anilines is 1. The van der Waals surface area contributed by atoms with Gasteiger partial charge in [-0.05, 0) is 36.1 Å². The van der Waals surface area contributed by atoms with Gasteiger partial charge in [0.25, 0.3) is 0 Å². The molecule has 0 saturated heterocycles. The maximum Gasteiger partial charge on any atom is 0.243 e. The fourth-order valence-corrected chi connectivity index (χ4v) is 4.48. The van der Waals surface area contributed by atoms with Crippen molar-refractivity contribution in [2.24, 2.45) is 0 Å². The van der Waals surface area contributed by atoms with Crippen LogP contribution in [0.25, 0.3) is 0 Å². The van der Waals surface area contributed by atoms with Crippen molar-refractivity contribution < 1.29 is 8.42 Å². The Kier molecular flexibility index (Phi) is 5.27. The summed E-state index contributed by atoms with van der Waals surface area (Å²) in [6.07, 6.45) is 1.61. The van der Waals surface area contributed by atoms with Gasteiger partial charge >= 0.3 is 0 Å². The number of halogens is 1. The molecule has 1 heterocycles. The Morgan fingerprint density at radius 2 is 2.14 bits per heavy atom. The first kappa shape index (κ1) is 16.3. The van der Waals surface area contributed by atoms with Crippen LogP contribution < -0.4 is 10.5 Å². The highest BCUT2D eigenvalue weighted by atomic mass is 35.5. The largest absolute Gasteiger partial charge is 0.398 e. The lowest BCUT2D eigenvalue weighted by molar-refractivity contribution is 0.540. The van der Waals surface area contributed by atoms with Crippen molar-refractivity contribution in [1.82, 2.24) is 4.72 Å². The van der Waals surface area contributed by atoms with Crippen molar-refractivity contribution in [1.29, 1.82) is 0 Å². The van der Waals surface area contributed by atoms with Crippen molar-refractivity contribution in [2.75, 3.05) is 5.73 Å². The maximum absolute atomic E-state index is 12.5. The van der Waals surface area contributed by atoms with Gasteiger partial charge in [0.05, 0.1) is 11.7 Å². The average molecular weight is 345 g/mol. The van der Waals surface area contributed by atoms with Crippen molar-refractivity contribution >= 4 is 38.6 Å². The van der Waals surface area contributed by atoms with Gasteiger partial charge in [-0.2, -0.15) is 0 Å². The lowest BCUT2D eigenvalue weighted by Crippen LogP contribution is -2.28. The summed E-state index contributed by atoms with van der Waals surface area (Å²) in [5.74, 6) is 0. The van der Waals surface area contributed by atoms with Crippen LogP contribution in [0.1, 0.15) is 30.7 Å². The van der Waals surface area contributed by atoms with E-state index in [0.717, 1.165) is 17.7 Å². The summed E-state index contributed by atoms with van der Waals surface area (Å²) in [4.78, 5) is 1.05. The van der Waals surface area contributed by atoms with E-state index in [-0.39, 0.29) is 16.6 Å². The summed E-state index contributed by atoms with van der Waals surface area (Å²) < 4.78 is 27.8. The fraction of sp³-hybridized carbons (Fsp3) is 0.286. The van der Waals surface area contributed by atoms with Crippen LogP contribution in [0.4, 0.5) is 5.69 Å². The molecule has 1 aromatic carbocycles. The van der Waals surface area contributed by atoms with Crippen molar-refractivity contribution in [3.05, 3.63) is 45.6 Å². The minimum Gasteiger partial charge on any atom is -0.398 e. The average Bonchev–Trinajstić information content (AvgIpc) is 2.91. The Bertz CT molecular complexity index is 700. The first-order chi connectivity index (χ1) is 9.94. The van der Waals surface area contributed by atoms with E-state index in [1.54, 1.807) is 0 Å². The number of nitrogens with two attached hydrogens (primary N) is 1. The summed E-state index contributed by atoms with van der Waals surface area (Å²) in [5, 5.41) is 2.35. The lowest BCUT2D eigenvalue weighted by Gasteiger charge is -2.17. The fourth-order valence-electron chi connectivity index (χ4n) is 2.05. The summed E-state index contributed by atoms with van der Waals surface area (Å²) in [6.45, 7) is 2.02. The lowest BCUT2D eigenvalue weighted by atomic mass is 10.1. The van der Waals surface area contributed by atoms with Gasteiger partial charge in [0.15, 0.2) is 0 Å². The molecule has 2 rings (SSSR count). The van der Waals surface area contributed by atoms with E-state index in [1.165, 1.54) is 29.5 Å². The molecule has 4 nitrogen and oxygen atoms in total. The molecule has 0 radical (unpaired) electrons. The number of benzene rings is 1. The molecule has 0 aliphatic carbocycles. The zero-order chi connectivity index (χ0) is 15.5. The summed E-state index contributed by atoms with van der Waals surface area (Å²) in [5.41, 5.74) is 5.92. The quantitative estimate of drug-likeness (QED) is 0.783. The third kappa shape index (κ3) is 3.97. The van der Waals surface area contributed by atoms with Crippen LogP contribution >= 0.6 is 22.9 Å². The van der Waals surface area contributed by atoms with Gasteiger partial charge in [-0.1, -0.05) is 31.0 Å². The van der Waals surface area contributed by atoms with E-state index < -0.39 is 10.0 Å². The van der Waals surface area contributed by atoms with Gasteiger partial charge in [0.1, 0.15) is 4.90 Å². The first-order valence-corrected chi connectivity index (χ1v) is 9.29. The molecule has 7 heteroatoms. The molecule has 0 fully saturated rings. The number of thiophene rings is 1. The molecule has 1 aromatic heterocycles. The molecule has 3 N–H and O–H groups in total. The minimum absolute atomic E-state index is 0.0598. The third-order valence-corrected chi connectivity index (χ3v) is 5.79. The maximum atomic E-state index is 12.5. The summed E-state index contributed by atoms with van der Waals surface area (Å²) in [6, 6.07) is 7.99. The highest BCUT2D eigenvalue weighted by molar-refractivity contribution is 7.89. The summed E-state index contributed by atoms with van der Waals surface area (Å²) >= 11 is 7.34. The minimum atomic E-state index is -3.68. The van der Waals surface area contributed by atoms with Gasteiger partial charge in [0, 0.05) is 9.90 Å². The Hall–Kier alpha value is -1.08. The van der Waals surface area contributed by atoms with E-state index in [4.69, 9.17) is 17.3 Å². The van der Waals surface area contributed by atoms with E-state index in [2.05, 4.69) is 4.72 Å². The number of nitrogens with one attached hydrogen (secondary N) is 1. The van der Waals surface area contributed by atoms with Crippen molar-refractivity contribution in [3.63, 3.8) is 0 Å². The Morgan fingerprint density at radius 3 is 2.71 bits per heavy atom. The van der Waals surface area contributed by atoms with E-state index in [9.17, 15) is 8.42 Å². The topological polar surface area (TPSA) is 72.2 Å². The molecule has 21 heavy (non-hydrogen) atoms. The second-order valence-corrected chi connectivity index (χ2v) is 7.76. The zero-order valence-electron chi connectivity index (χ0n) is 11.5. The molecule has 114 valence electrons. The molecule has 0 amide bonds. The smallest absolute Gasteiger partial charge is 0.243 e. The highest BCUT2D eigenvalue weighted by Crippen LogP contribution is 2.28. The summed E-state index contributed by atoms with van der Waals surface area (Å²) in [7, 11) is -3.68. The van der Waals surface area contributed by atoms with Crippen LogP contribution in [0.3, 0.4) is 0 Å². The molecular formula is C14H17ClN2O2S2. The number of nitrogen functional groups attached to an aromatic ring is 1. The van der Waals surface area contributed by atoms with Crippen molar-refractivity contribution in [3.8, 4) is 0 Å². The van der Waals surface area contributed by atoms with Crippen LogP contribution in [-0.4, -0.2) is 8.42 Å². The van der Waals surface area contributed by atoms with E-state index in [0.29, 0.717) is 5.02 Å². The highest BCUT2D eigenvalue weighted by Gasteiger charge is 2.23. The van der Waals surface area contributed by atoms with Crippen LogP contribution in [0.2, 0.25) is 5.02 Å². The Labute approximate surface area is 134 Å². The monoisotopic (exact) mass is 344 g/mol. The Morgan fingerprint density at radius 1 is 1.38 bits per heavy atom. The number of hydrogen-bond acceptors (Lipinski definition) is 4. The Balaban J connectivity index is 2.30. The van der Waals surface area contributed by atoms with Crippen LogP contribution in [0.5, 0.6) is 0 Å². The van der Waals surface area contributed by atoms with Gasteiger partial charge in [-0.25, -0.2) is 13.1 Å². The molecule has 0 aliphatic rings. The molecule has 0 spiro atoms. The van der Waals surface area contributed by atoms with E-state index >= 15 is 0 Å².